The summed E-state index contributed by atoms with van der Waals surface area (Å²) in [6, 6.07) is 1.47. The number of allylic oxidation sites excluding steroid dienone is 4. The topological polar surface area (TPSA) is 0 Å². The van der Waals surface area contributed by atoms with Gasteiger partial charge < -0.3 is 0 Å². The van der Waals surface area contributed by atoms with Gasteiger partial charge in [0.15, 0.2) is 0 Å². The number of rotatable bonds is 2. The number of hydrogen-bond acceptors (Lipinski definition) is 0. The van der Waals surface area contributed by atoms with E-state index in [9.17, 15) is 0 Å². The molecule has 1 unspecified atom stereocenters. The third-order valence-corrected chi connectivity index (χ3v) is 5.38. The van der Waals surface area contributed by atoms with Crippen LogP contribution in [0, 0.1) is 5.92 Å². The number of hydrogen-bond donors (Lipinski definition) is 0. The molecule has 0 fully saturated rings. The Hall–Kier alpha value is -0.303. The molecular formula is C14H24Si. The van der Waals surface area contributed by atoms with Gasteiger partial charge in [-0.2, -0.15) is 0 Å². The van der Waals surface area contributed by atoms with E-state index in [1.54, 1.807) is 11.1 Å². The highest BCUT2D eigenvalue weighted by Gasteiger charge is 2.30. The molecule has 0 saturated carbocycles. The van der Waals surface area contributed by atoms with Crippen molar-refractivity contribution in [1.29, 1.82) is 0 Å². The molecule has 84 valence electrons. The Morgan fingerprint density at radius 2 is 1.87 bits per heavy atom. The molecule has 0 radical (unpaired) electrons. The van der Waals surface area contributed by atoms with E-state index in [4.69, 9.17) is 0 Å². The summed E-state index contributed by atoms with van der Waals surface area (Å²) in [7, 11) is -0.915. The Labute approximate surface area is 95.5 Å². The molecule has 0 nitrogen and oxygen atoms in total. The minimum atomic E-state index is -0.915. The van der Waals surface area contributed by atoms with Crippen LogP contribution in [0.3, 0.4) is 0 Å². The predicted octanol–water partition coefficient (Wildman–Crippen LogP) is 4.77. The molecule has 15 heavy (non-hydrogen) atoms. The first kappa shape index (κ1) is 11.2. The molecule has 0 N–H and O–H groups in total. The molecule has 0 aromatic carbocycles. The van der Waals surface area contributed by atoms with Gasteiger partial charge in [-0.3, -0.25) is 0 Å². The van der Waals surface area contributed by atoms with E-state index < -0.39 is 8.07 Å². The van der Waals surface area contributed by atoms with E-state index in [-0.39, 0.29) is 0 Å². The summed E-state index contributed by atoms with van der Waals surface area (Å²) in [5, 5.41) is 0. The Bertz CT molecular complexity index is 315. The Morgan fingerprint density at radius 1 is 1.20 bits per heavy atom. The SMILES string of the molecule is CC1=CC2=C(CCCC2)C1C[Si](C)(C)C. The predicted molar refractivity (Wildman–Crippen MR) is 70.9 cm³/mol. The summed E-state index contributed by atoms with van der Waals surface area (Å²) in [4.78, 5) is 0. The Morgan fingerprint density at radius 3 is 2.53 bits per heavy atom. The minimum absolute atomic E-state index is 0.840. The zero-order chi connectivity index (χ0) is 11.1. The lowest BCUT2D eigenvalue weighted by Crippen LogP contribution is -2.25. The molecule has 0 aliphatic heterocycles. The third kappa shape index (κ3) is 2.44. The normalized spacial score (nSPS) is 26.7. The van der Waals surface area contributed by atoms with Gasteiger partial charge in [0.25, 0.3) is 0 Å². The van der Waals surface area contributed by atoms with Crippen molar-refractivity contribution in [3.05, 3.63) is 22.8 Å². The lowest BCUT2D eigenvalue weighted by molar-refractivity contribution is 0.633. The molecule has 2 rings (SSSR count). The summed E-state index contributed by atoms with van der Waals surface area (Å²) in [6.07, 6.45) is 8.09. The molecule has 1 atom stereocenters. The standard InChI is InChI=1S/C14H24Si/c1-11-9-12-7-5-6-8-13(12)14(11)10-15(2,3)4/h9,14H,5-8,10H2,1-4H3. The molecule has 0 aromatic heterocycles. The van der Waals surface area contributed by atoms with Gasteiger partial charge >= 0.3 is 0 Å². The molecule has 0 saturated heterocycles. The summed E-state index contributed by atoms with van der Waals surface area (Å²) in [5.41, 5.74) is 5.19. The van der Waals surface area contributed by atoms with Crippen LogP contribution in [-0.2, 0) is 0 Å². The van der Waals surface area contributed by atoms with Crippen molar-refractivity contribution in [3.8, 4) is 0 Å². The van der Waals surface area contributed by atoms with Crippen molar-refractivity contribution < 1.29 is 0 Å². The second-order valence-corrected chi connectivity index (χ2v) is 12.0. The van der Waals surface area contributed by atoms with Gasteiger partial charge in [0, 0.05) is 8.07 Å². The second kappa shape index (κ2) is 3.93. The van der Waals surface area contributed by atoms with Gasteiger partial charge in [0.2, 0.25) is 0 Å². The van der Waals surface area contributed by atoms with Crippen molar-refractivity contribution >= 4 is 8.07 Å². The Balaban J connectivity index is 2.18. The molecule has 1 heteroatoms. The highest BCUT2D eigenvalue weighted by atomic mass is 28.3. The fourth-order valence-corrected chi connectivity index (χ4v) is 4.85. The van der Waals surface area contributed by atoms with Gasteiger partial charge in [-0.1, -0.05) is 36.9 Å². The van der Waals surface area contributed by atoms with Gasteiger partial charge in [-0.15, -0.1) is 0 Å². The first-order valence-electron chi connectivity index (χ1n) is 6.37. The largest absolute Gasteiger partial charge is 0.0695 e. The smallest absolute Gasteiger partial charge is 0.0451 e. The van der Waals surface area contributed by atoms with E-state index in [0.717, 1.165) is 5.92 Å². The van der Waals surface area contributed by atoms with E-state index in [0.29, 0.717) is 0 Å². The van der Waals surface area contributed by atoms with E-state index in [1.807, 2.05) is 5.57 Å². The highest BCUT2D eigenvalue weighted by molar-refractivity contribution is 6.76. The van der Waals surface area contributed by atoms with Crippen LogP contribution in [0.5, 0.6) is 0 Å². The van der Waals surface area contributed by atoms with Crippen LogP contribution >= 0.6 is 0 Å². The van der Waals surface area contributed by atoms with Gasteiger partial charge in [-0.25, -0.2) is 0 Å². The summed E-state index contributed by atoms with van der Waals surface area (Å²) in [6.45, 7) is 9.86. The fraction of sp³-hybridized carbons (Fsp3) is 0.714. The monoisotopic (exact) mass is 220 g/mol. The fourth-order valence-electron chi connectivity index (χ4n) is 3.06. The van der Waals surface area contributed by atoms with Crippen LogP contribution in [0.4, 0.5) is 0 Å². The molecular weight excluding hydrogens is 196 g/mol. The third-order valence-electron chi connectivity index (χ3n) is 3.74. The second-order valence-electron chi connectivity index (χ2n) is 6.46. The maximum atomic E-state index is 2.50. The maximum absolute atomic E-state index is 2.50. The van der Waals surface area contributed by atoms with E-state index in [2.05, 4.69) is 32.6 Å². The first-order valence-corrected chi connectivity index (χ1v) is 10.1. The van der Waals surface area contributed by atoms with Crippen molar-refractivity contribution in [2.45, 2.75) is 58.3 Å². The van der Waals surface area contributed by atoms with Crippen LogP contribution in [-0.4, -0.2) is 8.07 Å². The Kier molecular flexibility index (Phi) is 2.93. The van der Waals surface area contributed by atoms with Crippen LogP contribution in [0.2, 0.25) is 25.7 Å². The van der Waals surface area contributed by atoms with Crippen LogP contribution in [0.25, 0.3) is 0 Å². The first-order chi connectivity index (χ1) is 6.97. The zero-order valence-corrected chi connectivity index (χ0v) is 11.7. The van der Waals surface area contributed by atoms with Crippen molar-refractivity contribution in [2.75, 3.05) is 0 Å². The molecule has 0 heterocycles. The maximum Gasteiger partial charge on any atom is 0.0451 e. The van der Waals surface area contributed by atoms with Crippen LogP contribution in [0.1, 0.15) is 32.6 Å². The molecule has 0 amide bonds. The van der Waals surface area contributed by atoms with Crippen LogP contribution in [0.15, 0.2) is 22.8 Å². The van der Waals surface area contributed by atoms with E-state index in [1.165, 1.54) is 31.7 Å². The molecule has 0 spiro atoms. The van der Waals surface area contributed by atoms with Gasteiger partial charge in [0.1, 0.15) is 0 Å². The van der Waals surface area contributed by atoms with Crippen molar-refractivity contribution in [1.82, 2.24) is 0 Å². The van der Waals surface area contributed by atoms with Crippen molar-refractivity contribution in [2.24, 2.45) is 5.92 Å². The van der Waals surface area contributed by atoms with Gasteiger partial charge in [0.05, 0.1) is 0 Å². The van der Waals surface area contributed by atoms with Gasteiger partial charge in [-0.05, 0) is 50.1 Å². The molecule has 2 aliphatic rings. The lowest BCUT2D eigenvalue weighted by Gasteiger charge is -2.27. The zero-order valence-electron chi connectivity index (χ0n) is 10.7. The van der Waals surface area contributed by atoms with E-state index >= 15 is 0 Å². The summed E-state index contributed by atoms with van der Waals surface area (Å²) in [5.74, 6) is 0.840. The highest BCUT2D eigenvalue weighted by Crippen LogP contribution is 2.43. The average Bonchev–Trinajstić information content (AvgIpc) is 2.41. The quantitative estimate of drug-likeness (QED) is 0.588. The average molecular weight is 220 g/mol. The van der Waals surface area contributed by atoms with Crippen molar-refractivity contribution in [3.63, 3.8) is 0 Å². The minimum Gasteiger partial charge on any atom is -0.0695 e. The van der Waals surface area contributed by atoms with Crippen LogP contribution < -0.4 is 0 Å². The molecule has 2 aliphatic carbocycles. The summed E-state index contributed by atoms with van der Waals surface area (Å²) < 4.78 is 0. The lowest BCUT2D eigenvalue weighted by atomic mass is 9.88. The summed E-state index contributed by atoms with van der Waals surface area (Å²) >= 11 is 0. The molecule has 0 bridgehead atoms. The molecule has 0 aromatic rings.